The van der Waals surface area contributed by atoms with Gasteiger partial charge < -0.3 is 10.1 Å². The molecule has 0 bridgehead atoms. The summed E-state index contributed by atoms with van der Waals surface area (Å²) >= 11 is 0. The Morgan fingerprint density at radius 1 is 1.04 bits per heavy atom. The molecule has 1 amide bonds. The van der Waals surface area contributed by atoms with Gasteiger partial charge in [-0.15, -0.1) is 0 Å². The van der Waals surface area contributed by atoms with Gasteiger partial charge in [-0.25, -0.2) is 4.98 Å². The first-order valence-electron chi connectivity index (χ1n) is 7.83. The molecule has 0 aliphatic carbocycles. The van der Waals surface area contributed by atoms with Gasteiger partial charge in [-0.1, -0.05) is 42.5 Å². The van der Waals surface area contributed by atoms with Gasteiger partial charge in [0.25, 0.3) is 5.91 Å². The van der Waals surface area contributed by atoms with Gasteiger partial charge in [0.2, 0.25) is 5.88 Å². The molecule has 0 spiro atoms. The maximum absolute atomic E-state index is 12.5. The minimum Gasteiger partial charge on any atom is -0.468 e. The Balaban J connectivity index is 1.74. The van der Waals surface area contributed by atoms with Crippen molar-refractivity contribution in [2.24, 2.45) is 0 Å². The average Bonchev–Trinajstić information content (AvgIpc) is 2.64. The molecule has 0 aliphatic heterocycles. The van der Waals surface area contributed by atoms with Crippen LogP contribution in [0.3, 0.4) is 0 Å². The summed E-state index contributed by atoms with van der Waals surface area (Å²) in [5.74, 6) is -0.476. The SMILES string of the molecule is O=C(NCc1cccnc1OCC(F)(F)F)c1cccc2ccccc12. The van der Waals surface area contributed by atoms with Crippen LogP contribution in [0.2, 0.25) is 0 Å². The molecule has 1 N–H and O–H groups in total. The number of nitrogens with one attached hydrogen (secondary N) is 1. The number of ether oxygens (including phenoxy) is 1. The van der Waals surface area contributed by atoms with Crippen LogP contribution in [0.15, 0.2) is 60.8 Å². The van der Waals surface area contributed by atoms with E-state index in [0.717, 1.165) is 10.8 Å². The zero-order valence-corrected chi connectivity index (χ0v) is 13.6. The fraction of sp³-hybridized carbons (Fsp3) is 0.158. The lowest BCUT2D eigenvalue weighted by molar-refractivity contribution is -0.154. The second-order valence-corrected chi connectivity index (χ2v) is 5.58. The number of carbonyl (C=O) groups is 1. The molecule has 7 heteroatoms. The van der Waals surface area contributed by atoms with E-state index in [2.05, 4.69) is 10.3 Å². The van der Waals surface area contributed by atoms with Crippen LogP contribution in [0.4, 0.5) is 13.2 Å². The van der Waals surface area contributed by atoms with Crippen LogP contribution in [0.5, 0.6) is 5.88 Å². The van der Waals surface area contributed by atoms with Crippen LogP contribution in [0.25, 0.3) is 10.8 Å². The quantitative estimate of drug-likeness (QED) is 0.745. The van der Waals surface area contributed by atoms with Gasteiger partial charge in [0.05, 0.1) is 0 Å². The summed E-state index contributed by atoms with van der Waals surface area (Å²) < 4.78 is 41.7. The molecule has 0 fully saturated rings. The van der Waals surface area contributed by atoms with Crippen LogP contribution >= 0.6 is 0 Å². The molecule has 0 radical (unpaired) electrons. The van der Waals surface area contributed by atoms with Crippen molar-refractivity contribution in [1.82, 2.24) is 10.3 Å². The van der Waals surface area contributed by atoms with Crippen molar-refractivity contribution in [2.45, 2.75) is 12.7 Å². The lowest BCUT2D eigenvalue weighted by Crippen LogP contribution is -2.24. The normalized spacial score (nSPS) is 11.3. The topological polar surface area (TPSA) is 51.2 Å². The van der Waals surface area contributed by atoms with Crippen molar-refractivity contribution in [1.29, 1.82) is 0 Å². The fourth-order valence-electron chi connectivity index (χ4n) is 2.53. The molecule has 2 aromatic carbocycles. The Morgan fingerprint density at radius 3 is 2.62 bits per heavy atom. The van der Waals surface area contributed by atoms with Crippen molar-refractivity contribution in [3.8, 4) is 5.88 Å². The zero-order chi connectivity index (χ0) is 18.6. The number of nitrogens with zero attached hydrogens (tertiary/aromatic N) is 1. The van der Waals surface area contributed by atoms with Gasteiger partial charge >= 0.3 is 6.18 Å². The first kappa shape index (κ1) is 17.7. The van der Waals surface area contributed by atoms with E-state index in [0.29, 0.717) is 11.1 Å². The van der Waals surface area contributed by atoms with Gasteiger partial charge in [-0.3, -0.25) is 4.79 Å². The molecule has 4 nitrogen and oxygen atoms in total. The Morgan fingerprint density at radius 2 is 1.81 bits per heavy atom. The van der Waals surface area contributed by atoms with Gasteiger partial charge in [0.1, 0.15) is 0 Å². The molecular formula is C19H15F3N2O2. The maximum atomic E-state index is 12.5. The molecule has 0 saturated heterocycles. The number of halogens is 3. The standard InChI is InChI=1S/C19H15F3N2O2/c20-19(21,22)12-26-18-14(7-4-10-23-18)11-24-17(25)16-9-3-6-13-5-1-2-8-15(13)16/h1-10H,11-12H2,(H,24,25). The third-order valence-electron chi connectivity index (χ3n) is 3.70. The number of hydrogen-bond acceptors (Lipinski definition) is 3. The molecule has 1 aromatic heterocycles. The molecule has 0 aliphatic rings. The molecule has 134 valence electrons. The van der Waals surface area contributed by atoms with Gasteiger partial charge in [-0.2, -0.15) is 13.2 Å². The predicted octanol–water partition coefficient (Wildman–Crippen LogP) is 4.11. The monoisotopic (exact) mass is 360 g/mol. The third-order valence-corrected chi connectivity index (χ3v) is 3.70. The number of benzene rings is 2. The van der Waals surface area contributed by atoms with Gasteiger partial charge in [0, 0.05) is 23.9 Å². The van der Waals surface area contributed by atoms with Crippen molar-refractivity contribution < 1.29 is 22.7 Å². The van der Waals surface area contributed by atoms with Crippen LogP contribution in [0.1, 0.15) is 15.9 Å². The molecule has 0 saturated carbocycles. The first-order valence-corrected chi connectivity index (χ1v) is 7.83. The molecule has 1 heterocycles. The number of pyridine rings is 1. The van der Waals surface area contributed by atoms with E-state index in [-0.39, 0.29) is 18.3 Å². The van der Waals surface area contributed by atoms with E-state index in [1.165, 1.54) is 6.20 Å². The Bertz CT molecular complexity index is 921. The number of carbonyl (C=O) groups excluding carboxylic acids is 1. The van der Waals surface area contributed by atoms with Gasteiger partial charge in [-0.05, 0) is 22.9 Å². The molecule has 3 aromatic rings. The number of rotatable bonds is 5. The summed E-state index contributed by atoms with van der Waals surface area (Å²) in [6, 6.07) is 16.0. The zero-order valence-electron chi connectivity index (χ0n) is 13.6. The average molecular weight is 360 g/mol. The molecule has 0 atom stereocenters. The highest BCUT2D eigenvalue weighted by atomic mass is 19.4. The van der Waals surface area contributed by atoms with E-state index in [1.54, 1.807) is 24.3 Å². The number of amides is 1. The second-order valence-electron chi connectivity index (χ2n) is 5.58. The van der Waals surface area contributed by atoms with Crippen LogP contribution in [-0.2, 0) is 6.54 Å². The lowest BCUT2D eigenvalue weighted by Gasteiger charge is -2.13. The van der Waals surface area contributed by atoms with E-state index in [4.69, 9.17) is 4.74 Å². The summed E-state index contributed by atoms with van der Waals surface area (Å²) in [6.45, 7) is -1.43. The Labute approximate surface area is 147 Å². The number of aromatic nitrogens is 1. The van der Waals surface area contributed by atoms with Crippen molar-refractivity contribution in [3.05, 3.63) is 71.9 Å². The van der Waals surface area contributed by atoms with Crippen LogP contribution in [0, 0.1) is 0 Å². The van der Waals surface area contributed by atoms with E-state index < -0.39 is 12.8 Å². The minimum atomic E-state index is -4.46. The first-order chi connectivity index (χ1) is 12.4. The summed E-state index contributed by atoms with van der Waals surface area (Å²) in [7, 11) is 0. The van der Waals surface area contributed by atoms with Crippen LogP contribution < -0.4 is 10.1 Å². The minimum absolute atomic E-state index is 0.00306. The number of hydrogen-bond donors (Lipinski definition) is 1. The highest BCUT2D eigenvalue weighted by molar-refractivity contribution is 6.06. The Hall–Kier alpha value is -3.09. The largest absolute Gasteiger partial charge is 0.468 e. The summed E-state index contributed by atoms with van der Waals surface area (Å²) in [5, 5.41) is 4.43. The molecule has 0 unspecified atom stereocenters. The predicted molar refractivity (Wildman–Crippen MR) is 90.9 cm³/mol. The Kier molecular flexibility index (Phi) is 5.06. The smallest absolute Gasteiger partial charge is 0.422 e. The molecule has 3 rings (SSSR count). The second kappa shape index (κ2) is 7.43. The van der Waals surface area contributed by atoms with Crippen LogP contribution in [-0.4, -0.2) is 23.7 Å². The van der Waals surface area contributed by atoms with Crippen molar-refractivity contribution in [2.75, 3.05) is 6.61 Å². The van der Waals surface area contributed by atoms with Gasteiger partial charge in [0.15, 0.2) is 6.61 Å². The van der Waals surface area contributed by atoms with Crippen molar-refractivity contribution >= 4 is 16.7 Å². The lowest BCUT2D eigenvalue weighted by atomic mass is 10.0. The van der Waals surface area contributed by atoms with E-state index in [1.807, 2.05) is 30.3 Å². The molecular weight excluding hydrogens is 345 g/mol. The summed E-state index contributed by atoms with van der Waals surface area (Å²) in [5.41, 5.74) is 0.857. The maximum Gasteiger partial charge on any atom is 0.422 e. The summed E-state index contributed by atoms with van der Waals surface area (Å²) in [4.78, 5) is 16.3. The number of alkyl halides is 3. The fourth-order valence-corrected chi connectivity index (χ4v) is 2.53. The third kappa shape index (κ3) is 4.30. The van der Waals surface area contributed by atoms with E-state index in [9.17, 15) is 18.0 Å². The summed E-state index contributed by atoms with van der Waals surface area (Å²) in [6.07, 6.45) is -3.12. The molecule has 26 heavy (non-hydrogen) atoms. The highest BCUT2D eigenvalue weighted by Crippen LogP contribution is 2.21. The van der Waals surface area contributed by atoms with Crippen molar-refractivity contribution in [3.63, 3.8) is 0 Å². The number of fused-ring (bicyclic) bond motifs is 1. The highest BCUT2D eigenvalue weighted by Gasteiger charge is 2.29. The van der Waals surface area contributed by atoms with E-state index >= 15 is 0 Å².